The molecule has 3 rings (SSSR count). The molecular formula is C20H24N4O4. The quantitative estimate of drug-likeness (QED) is 0.314. The monoisotopic (exact) mass is 384 g/mol. The summed E-state index contributed by atoms with van der Waals surface area (Å²) in [6.07, 6.45) is 1.81. The van der Waals surface area contributed by atoms with Crippen molar-refractivity contribution in [3.05, 3.63) is 63.7 Å². The van der Waals surface area contributed by atoms with Crippen molar-refractivity contribution in [1.29, 1.82) is 0 Å². The molecule has 0 aliphatic carbocycles. The number of fused-ring (bicyclic) bond motifs is 1. The van der Waals surface area contributed by atoms with Crippen molar-refractivity contribution >= 4 is 11.6 Å². The van der Waals surface area contributed by atoms with Crippen LogP contribution < -0.4 is 20.1 Å². The van der Waals surface area contributed by atoms with E-state index >= 15 is 0 Å². The molecule has 2 aromatic carbocycles. The average Bonchev–Trinajstić information content (AvgIpc) is 3.17. The number of rotatable bonds is 8. The first-order valence-electron chi connectivity index (χ1n) is 9.29. The molecule has 8 nitrogen and oxygen atoms in total. The molecule has 0 saturated heterocycles. The second-order valence-corrected chi connectivity index (χ2v) is 6.38. The number of non-ortho nitro benzene ring substituents is 1. The van der Waals surface area contributed by atoms with Crippen LogP contribution in [0.5, 0.6) is 11.5 Å². The summed E-state index contributed by atoms with van der Waals surface area (Å²) in [7, 11) is 0. The molecule has 1 heterocycles. The Balaban J connectivity index is 1.55. The van der Waals surface area contributed by atoms with Crippen LogP contribution in [0.25, 0.3) is 0 Å². The summed E-state index contributed by atoms with van der Waals surface area (Å²) in [5, 5.41) is 17.3. The predicted octanol–water partition coefficient (Wildman–Crippen LogP) is 3.01. The summed E-state index contributed by atoms with van der Waals surface area (Å²) in [5.41, 5.74) is 2.15. The molecule has 0 unspecified atom stereocenters. The fourth-order valence-corrected chi connectivity index (χ4v) is 2.73. The number of nitro benzene ring substituents is 1. The Hall–Kier alpha value is -3.29. The third-order valence-corrected chi connectivity index (χ3v) is 4.25. The Bertz CT molecular complexity index is 837. The largest absolute Gasteiger partial charge is 0.454 e. The highest BCUT2D eigenvalue weighted by atomic mass is 16.7. The van der Waals surface area contributed by atoms with Gasteiger partial charge in [0.05, 0.1) is 11.5 Å². The van der Waals surface area contributed by atoms with Crippen LogP contribution in [0.4, 0.5) is 5.69 Å². The zero-order chi connectivity index (χ0) is 19.8. The van der Waals surface area contributed by atoms with Crippen molar-refractivity contribution in [2.75, 3.05) is 19.9 Å². The van der Waals surface area contributed by atoms with Gasteiger partial charge in [0.25, 0.3) is 5.69 Å². The highest BCUT2D eigenvalue weighted by Gasteiger charge is 2.13. The normalized spacial score (nSPS) is 12.7. The Morgan fingerprint density at radius 2 is 1.79 bits per heavy atom. The Morgan fingerprint density at radius 1 is 1.07 bits per heavy atom. The SMILES string of the molecule is CCCNC(=NCc1ccc([N+](=O)[O-])cc1)NCCc1ccc2c(c1)OCO2. The van der Waals surface area contributed by atoms with Gasteiger partial charge in [-0.25, -0.2) is 4.99 Å². The molecule has 148 valence electrons. The Kier molecular flexibility index (Phi) is 6.67. The highest BCUT2D eigenvalue weighted by molar-refractivity contribution is 5.79. The van der Waals surface area contributed by atoms with E-state index in [1.54, 1.807) is 12.1 Å². The maximum absolute atomic E-state index is 10.7. The van der Waals surface area contributed by atoms with Crippen LogP contribution in [0.1, 0.15) is 24.5 Å². The molecule has 0 atom stereocenters. The van der Waals surface area contributed by atoms with E-state index in [-0.39, 0.29) is 12.5 Å². The molecular weight excluding hydrogens is 360 g/mol. The zero-order valence-corrected chi connectivity index (χ0v) is 15.8. The molecule has 0 aromatic heterocycles. The lowest BCUT2D eigenvalue weighted by atomic mass is 10.1. The first-order chi connectivity index (χ1) is 13.7. The number of hydrogen-bond donors (Lipinski definition) is 2. The molecule has 1 aliphatic heterocycles. The van der Waals surface area contributed by atoms with Crippen molar-refractivity contribution < 1.29 is 14.4 Å². The van der Waals surface area contributed by atoms with E-state index < -0.39 is 4.92 Å². The minimum Gasteiger partial charge on any atom is -0.454 e. The van der Waals surface area contributed by atoms with Crippen molar-refractivity contribution in [2.24, 2.45) is 4.99 Å². The van der Waals surface area contributed by atoms with Gasteiger partial charge in [0.15, 0.2) is 17.5 Å². The lowest BCUT2D eigenvalue weighted by Crippen LogP contribution is -2.38. The second-order valence-electron chi connectivity index (χ2n) is 6.38. The lowest BCUT2D eigenvalue weighted by molar-refractivity contribution is -0.384. The minimum atomic E-state index is -0.404. The number of hydrogen-bond acceptors (Lipinski definition) is 5. The van der Waals surface area contributed by atoms with E-state index in [1.165, 1.54) is 12.1 Å². The van der Waals surface area contributed by atoms with E-state index in [0.29, 0.717) is 6.54 Å². The number of nitro groups is 1. The van der Waals surface area contributed by atoms with Crippen LogP contribution in [0.3, 0.4) is 0 Å². The lowest BCUT2D eigenvalue weighted by Gasteiger charge is -2.12. The van der Waals surface area contributed by atoms with Crippen molar-refractivity contribution in [2.45, 2.75) is 26.3 Å². The molecule has 8 heteroatoms. The van der Waals surface area contributed by atoms with E-state index in [1.807, 2.05) is 18.2 Å². The smallest absolute Gasteiger partial charge is 0.269 e. The van der Waals surface area contributed by atoms with Crippen LogP contribution in [-0.2, 0) is 13.0 Å². The molecule has 28 heavy (non-hydrogen) atoms. The van der Waals surface area contributed by atoms with Crippen LogP contribution >= 0.6 is 0 Å². The van der Waals surface area contributed by atoms with Gasteiger partial charge in [-0.15, -0.1) is 0 Å². The van der Waals surface area contributed by atoms with Crippen LogP contribution in [0.2, 0.25) is 0 Å². The molecule has 0 bridgehead atoms. The third kappa shape index (κ3) is 5.35. The van der Waals surface area contributed by atoms with Crippen molar-refractivity contribution in [3.8, 4) is 11.5 Å². The fourth-order valence-electron chi connectivity index (χ4n) is 2.73. The summed E-state index contributed by atoms with van der Waals surface area (Å²) in [6, 6.07) is 12.4. The Morgan fingerprint density at radius 3 is 2.54 bits per heavy atom. The van der Waals surface area contributed by atoms with Crippen LogP contribution in [0.15, 0.2) is 47.5 Å². The average molecular weight is 384 g/mol. The molecule has 1 aliphatic rings. The summed E-state index contributed by atoms with van der Waals surface area (Å²) in [5.74, 6) is 2.29. The summed E-state index contributed by atoms with van der Waals surface area (Å²) in [4.78, 5) is 14.9. The predicted molar refractivity (Wildman–Crippen MR) is 107 cm³/mol. The number of nitrogens with zero attached hydrogens (tertiary/aromatic N) is 2. The molecule has 0 spiro atoms. The van der Waals surface area contributed by atoms with Gasteiger partial charge in [0.2, 0.25) is 6.79 Å². The van der Waals surface area contributed by atoms with Gasteiger partial charge >= 0.3 is 0 Å². The minimum absolute atomic E-state index is 0.0823. The molecule has 2 aromatic rings. The maximum Gasteiger partial charge on any atom is 0.269 e. The van der Waals surface area contributed by atoms with E-state index in [9.17, 15) is 10.1 Å². The third-order valence-electron chi connectivity index (χ3n) is 4.25. The molecule has 0 amide bonds. The van der Waals surface area contributed by atoms with Crippen LogP contribution in [0, 0.1) is 10.1 Å². The molecule has 2 N–H and O–H groups in total. The summed E-state index contributed by atoms with van der Waals surface area (Å²) >= 11 is 0. The molecule has 0 radical (unpaired) electrons. The van der Waals surface area contributed by atoms with E-state index in [2.05, 4.69) is 22.5 Å². The Labute approximate surface area is 163 Å². The summed E-state index contributed by atoms with van der Waals surface area (Å²) in [6.45, 7) is 4.34. The number of guanidine groups is 1. The maximum atomic E-state index is 10.7. The number of aliphatic imine (C=N–C) groups is 1. The van der Waals surface area contributed by atoms with Gasteiger partial charge in [-0.05, 0) is 36.1 Å². The zero-order valence-electron chi connectivity index (χ0n) is 15.8. The standard InChI is InChI=1S/C20H24N4O4/c1-2-10-21-20(23-13-16-3-6-17(7-4-16)24(25)26)22-11-9-15-5-8-18-19(12-15)28-14-27-18/h3-8,12H,2,9-11,13-14H2,1H3,(H2,21,22,23). The van der Waals surface area contributed by atoms with E-state index in [4.69, 9.17) is 9.47 Å². The topological polar surface area (TPSA) is 98.0 Å². The van der Waals surface area contributed by atoms with Crippen molar-refractivity contribution in [1.82, 2.24) is 10.6 Å². The molecule has 0 saturated carbocycles. The molecule has 0 fully saturated rings. The number of ether oxygens (including phenoxy) is 2. The second kappa shape index (κ2) is 9.59. The van der Waals surface area contributed by atoms with Crippen LogP contribution in [-0.4, -0.2) is 30.8 Å². The number of nitrogens with one attached hydrogen (secondary N) is 2. The van der Waals surface area contributed by atoms with Gasteiger partial charge in [-0.3, -0.25) is 10.1 Å². The first kappa shape index (κ1) is 19.5. The van der Waals surface area contributed by atoms with Gasteiger partial charge < -0.3 is 20.1 Å². The van der Waals surface area contributed by atoms with Gasteiger partial charge in [-0.1, -0.05) is 25.1 Å². The van der Waals surface area contributed by atoms with Gasteiger partial charge in [-0.2, -0.15) is 0 Å². The van der Waals surface area contributed by atoms with Crippen molar-refractivity contribution in [3.63, 3.8) is 0 Å². The first-order valence-corrected chi connectivity index (χ1v) is 9.29. The van der Waals surface area contributed by atoms with E-state index in [0.717, 1.165) is 54.5 Å². The highest BCUT2D eigenvalue weighted by Crippen LogP contribution is 2.32. The fraction of sp³-hybridized carbons (Fsp3) is 0.350. The number of benzene rings is 2. The van der Waals surface area contributed by atoms with Gasteiger partial charge in [0.1, 0.15) is 0 Å². The summed E-state index contributed by atoms with van der Waals surface area (Å²) < 4.78 is 10.7. The van der Waals surface area contributed by atoms with Gasteiger partial charge in [0, 0.05) is 25.2 Å².